The number of nitrogens with one attached hydrogen (secondary N) is 1. The molecule has 0 fully saturated rings. The molecule has 0 aliphatic rings. The predicted molar refractivity (Wildman–Crippen MR) is 80.6 cm³/mol. The van der Waals surface area contributed by atoms with Crippen molar-refractivity contribution in [3.63, 3.8) is 0 Å². The summed E-state index contributed by atoms with van der Waals surface area (Å²) < 4.78 is 0. The largest absolute Gasteiger partial charge is 0.478 e. The minimum atomic E-state index is -1.19. The molecule has 0 saturated heterocycles. The number of benzene rings is 1. The first-order valence-corrected chi connectivity index (χ1v) is 6.67. The summed E-state index contributed by atoms with van der Waals surface area (Å²) in [5.41, 5.74) is 0.373. The zero-order valence-corrected chi connectivity index (χ0v) is 12.5. The molecule has 1 heterocycles. The molecule has 1 aromatic heterocycles. The van der Waals surface area contributed by atoms with E-state index >= 15 is 0 Å². The molecule has 5 nitrogen and oxygen atoms in total. The summed E-state index contributed by atoms with van der Waals surface area (Å²) in [6.07, 6.45) is 0. The number of pyridine rings is 1. The summed E-state index contributed by atoms with van der Waals surface area (Å²) in [6.45, 7) is 0. The number of halogens is 3. The fraction of sp³-hybridized carbons (Fsp3) is 0. The molecule has 0 atom stereocenters. The number of nitrogens with zero attached hydrogens (tertiary/aromatic N) is 1. The van der Waals surface area contributed by atoms with Crippen molar-refractivity contribution < 1.29 is 14.7 Å². The molecule has 1 aromatic carbocycles. The highest BCUT2D eigenvalue weighted by Gasteiger charge is 2.13. The summed E-state index contributed by atoms with van der Waals surface area (Å²) >= 11 is 17.2. The second-order valence-corrected chi connectivity index (χ2v) is 5.14. The van der Waals surface area contributed by atoms with Crippen LogP contribution in [-0.4, -0.2) is 22.0 Å². The Morgan fingerprint density at radius 3 is 2.24 bits per heavy atom. The van der Waals surface area contributed by atoms with E-state index in [1.54, 1.807) is 0 Å². The van der Waals surface area contributed by atoms with Crippen molar-refractivity contribution in [2.45, 2.75) is 0 Å². The average Bonchev–Trinajstić information content (AvgIpc) is 2.39. The van der Waals surface area contributed by atoms with Gasteiger partial charge in [0.1, 0.15) is 10.3 Å². The van der Waals surface area contributed by atoms with Gasteiger partial charge < -0.3 is 10.4 Å². The van der Waals surface area contributed by atoms with Crippen LogP contribution in [0.5, 0.6) is 0 Å². The van der Waals surface area contributed by atoms with E-state index in [4.69, 9.17) is 39.9 Å². The number of carboxylic acid groups (broad SMARTS) is 1. The maximum Gasteiger partial charge on any atom is 0.337 e. The van der Waals surface area contributed by atoms with Crippen molar-refractivity contribution >= 4 is 52.4 Å². The highest BCUT2D eigenvalue weighted by Crippen LogP contribution is 2.22. The summed E-state index contributed by atoms with van der Waals surface area (Å²) in [5, 5.41) is 11.7. The van der Waals surface area contributed by atoms with E-state index in [1.165, 1.54) is 30.3 Å². The normalized spacial score (nSPS) is 10.2. The number of hydrogen-bond donors (Lipinski definition) is 2. The van der Waals surface area contributed by atoms with Crippen LogP contribution in [0.25, 0.3) is 0 Å². The van der Waals surface area contributed by atoms with Gasteiger partial charge in [-0.3, -0.25) is 4.79 Å². The third kappa shape index (κ3) is 3.85. The third-order valence-corrected chi connectivity index (χ3v) is 3.20. The fourth-order valence-electron chi connectivity index (χ4n) is 1.57. The van der Waals surface area contributed by atoms with Gasteiger partial charge in [-0.2, -0.15) is 0 Å². The Labute approximate surface area is 134 Å². The van der Waals surface area contributed by atoms with Gasteiger partial charge in [0.25, 0.3) is 5.91 Å². The number of amides is 1. The van der Waals surface area contributed by atoms with Crippen molar-refractivity contribution in [3.8, 4) is 0 Å². The summed E-state index contributed by atoms with van der Waals surface area (Å²) in [4.78, 5) is 26.8. The van der Waals surface area contributed by atoms with Gasteiger partial charge in [0.15, 0.2) is 0 Å². The Morgan fingerprint density at radius 1 is 1.05 bits per heavy atom. The first-order chi connectivity index (χ1) is 9.86. The van der Waals surface area contributed by atoms with Gasteiger partial charge in [0.2, 0.25) is 0 Å². The molecule has 0 spiro atoms. The molecule has 0 bridgehead atoms. The monoisotopic (exact) mass is 344 g/mol. The molecule has 0 radical (unpaired) electrons. The Hall–Kier alpha value is -1.82. The zero-order valence-electron chi connectivity index (χ0n) is 10.2. The van der Waals surface area contributed by atoms with Crippen molar-refractivity contribution in [3.05, 3.63) is 56.8 Å². The molecule has 0 aliphatic carbocycles. The van der Waals surface area contributed by atoms with Crippen LogP contribution in [-0.2, 0) is 0 Å². The number of anilines is 1. The number of aromatic carboxylic acids is 1. The van der Waals surface area contributed by atoms with Crippen LogP contribution < -0.4 is 5.32 Å². The summed E-state index contributed by atoms with van der Waals surface area (Å²) in [5.74, 6) is -1.69. The second kappa shape index (κ2) is 6.30. The minimum absolute atomic E-state index is 0.0787. The molecule has 2 rings (SSSR count). The molecule has 1 amide bonds. The first kappa shape index (κ1) is 15.6. The predicted octanol–water partition coefficient (Wildman–Crippen LogP) is 3.99. The molecule has 21 heavy (non-hydrogen) atoms. The lowest BCUT2D eigenvalue weighted by Crippen LogP contribution is -2.13. The Balaban J connectivity index is 2.27. The van der Waals surface area contributed by atoms with E-state index in [0.717, 1.165) is 0 Å². The summed E-state index contributed by atoms with van der Waals surface area (Å²) in [7, 11) is 0. The van der Waals surface area contributed by atoms with Crippen molar-refractivity contribution in [2.24, 2.45) is 0 Å². The van der Waals surface area contributed by atoms with E-state index in [2.05, 4.69) is 10.3 Å². The lowest BCUT2D eigenvalue weighted by molar-refractivity contribution is 0.0696. The fourth-order valence-corrected chi connectivity index (χ4v) is 2.23. The maximum absolute atomic E-state index is 12.0. The number of carbonyl (C=O) groups excluding carboxylic acids is 1. The third-order valence-electron chi connectivity index (χ3n) is 2.48. The lowest BCUT2D eigenvalue weighted by atomic mass is 10.2. The number of carbonyl (C=O) groups is 2. The van der Waals surface area contributed by atoms with Gasteiger partial charge in [-0.15, -0.1) is 0 Å². The Kier molecular flexibility index (Phi) is 4.67. The Bertz CT molecular complexity index is 714. The molecule has 0 saturated carbocycles. The maximum atomic E-state index is 12.0. The van der Waals surface area contributed by atoms with Crippen LogP contribution in [0.3, 0.4) is 0 Å². The number of hydrogen-bond acceptors (Lipinski definition) is 3. The lowest BCUT2D eigenvalue weighted by Gasteiger charge is -2.07. The molecule has 8 heteroatoms. The van der Waals surface area contributed by atoms with Gasteiger partial charge in [-0.1, -0.05) is 34.8 Å². The van der Waals surface area contributed by atoms with E-state index in [0.29, 0.717) is 0 Å². The molecular weight excluding hydrogens is 339 g/mol. The molecule has 0 unspecified atom stereocenters. The van der Waals surface area contributed by atoms with Crippen molar-refractivity contribution in [1.29, 1.82) is 0 Å². The molecule has 2 aromatic rings. The van der Waals surface area contributed by atoms with Crippen LogP contribution in [0, 0.1) is 0 Å². The first-order valence-electron chi connectivity index (χ1n) is 5.54. The average molecular weight is 346 g/mol. The second-order valence-electron chi connectivity index (χ2n) is 3.96. The van der Waals surface area contributed by atoms with Gasteiger partial charge >= 0.3 is 5.97 Å². The minimum Gasteiger partial charge on any atom is -0.478 e. The van der Waals surface area contributed by atoms with E-state index in [-0.39, 0.29) is 32.1 Å². The van der Waals surface area contributed by atoms with Gasteiger partial charge in [-0.25, -0.2) is 9.78 Å². The number of rotatable bonds is 3. The smallest absolute Gasteiger partial charge is 0.337 e. The van der Waals surface area contributed by atoms with Gasteiger partial charge in [-0.05, 0) is 30.3 Å². The van der Waals surface area contributed by atoms with E-state index in [9.17, 15) is 9.59 Å². The standard InChI is InChI=1S/C13H7Cl3N2O3/c14-9-2-1-7(5-8(9)13(20)21)17-12(19)6-3-10(15)18-11(16)4-6/h1-5H,(H,17,19)(H,20,21). The van der Waals surface area contributed by atoms with Crippen molar-refractivity contribution in [2.75, 3.05) is 5.32 Å². The van der Waals surface area contributed by atoms with Crippen LogP contribution in [0.4, 0.5) is 5.69 Å². The Morgan fingerprint density at radius 2 is 1.67 bits per heavy atom. The van der Waals surface area contributed by atoms with Crippen molar-refractivity contribution in [1.82, 2.24) is 4.98 Å². The molecule has 108 valence electrons. The highest BCUT2D eigenvalue weighted by molar-refractivity contribution is 6.34. The summed E-state index contributed by atoms with van der Waals surface area (Å²) in [6, 6.07) is 6.81. The quantitative estimate of drug-likeness (QED) is 0.824. The SMILES string of the molecule is O=C(Nc1ccc(Cl)c(C(=O)O)c1)c1cc(Cl)nc(Cl)c1. The zero-order chi connectivity index (χ0) is 15.6. The molecular formula is C13H7Cl3N2O3. The van der Waals surface area contributed by atoms with Gasteiger partial charge in [0.05, 0.1) is 10.6 Å². The topological polar surface area (TPSA) is 79.3 Å². The van der Waals surface area contributed by atoms with Crippen LogP contribution in [0.1, 0.15) is 20.7 Å². The van der Waals surface area contributed by atoms with Gasteiger partial charge in [0, 0.05) is 11.3 Å². The van der Waals surface area contributed by atoms with Crippen LogP contribution in [0.15, 0.2) is 30.3 Å². The van der Waals surface area contributed by atoms with Crippen LogP contribution in [0.2, 0.25) is 15.3 Å². The van der Waals surface area contributed by atoms with Crippen LogP contribution >= 0.6 is 34.8 Å². The molecule has 0 aliphatic heterocycles. The van der Waals surface area contributed by atoms with E-state index < -0.39 is 11.9 Å². The highest BCUT2D eigenvalue weighted by atomic mass is 35.5. The molecule has 2 N–H and O–H groups in total. The van der Waals surface area contributed by atoms with E-state index in [1.807, 2.05) is 0 Å². The number of aromatic nitrogens is 1. The number of carboxylic acids is 1.